The average molecular weight is 338 g/mol. The number of carbonyl (C=O) groups excluding carboxylic acids is 2. The SMILES string of the molecule is Cc1cc(F)ccc1[C@H](C)[C@H](C)OC(=O)CCC(=O)OC(C)(C)C. The van der Waals surface area contributed by atoms with Crippen LogP contribution in [-0.4, -0.2) is 23.6 Å². The molecular formula is C19H27FO4. The highest BCUT2D eigenvalue weighted by molar-refractivity contribution is 5.78. The van der Waals surface area contributed by atoms with E-state index in [2.05, 4.69) is 0 Å². The smallest absolute Gasteiger partial charge is 0.306 e. The van der Waals surface area contributed by atoms with Crippen molar-refractivity contribution in [3.63, 3.8) is 0 Å². The molecule has 24 heavy (non-hydrogen) atoms. The molecule has 134 valence electrons. The topological polar surface area (TPSA) is 52.6 Å². The highest BCUT2D eigenvalue weighted by Gasteiger charge is 2.22. The lowest BCUT2D eigenvalue weighted by molar-refractivity contribution is -0.159. The van der Waals surface area contributed by atoms with Gasteiger partial charge in [-0.15, -0.1) is 0 Å². The van der Waals surface area contributed by atoms with E-state index in [-0.39, 0.29) is 30.7 Å². The van der Waals surface area contributed by atoms with Gasteiger partial charge in [0.25, 0.3) is 0 Å². The molecule has 0 saturated carbocycles. The average Bonchev–Trinajstić information content (AvgIpc) is 2.42. The van der Waals surface area contributed by atoms with E-state index in [1.807, 2.05) is 13.8 Å². The fourth-order valence-corrected chi connectivity index (χ4v) is 2.37. The summed E-state index contributed by atoms with van der Waals surface area (Å²) in [6, 6.07) is 4.57. The summed E-state index contributed by atoms with van der Waals surface area (Å²) in [5.74, 6) is -1.23. The van der Waals surface area contributed by atoms with Crippen LogP contribution in [0.2, 0.25) is 0 Å². The second-order valence-corrected chi connectivity index (χ2v) is 7.07. The zero-order chi connectivity index (χ0) is 18.5. The zero-order valence-electron chi connectivity index (χ0n) is 15.3. The number of benzene rings is 1. The Morgan fingerprint density at radius 3 is 2.25 bits per heavy atom. The lowest BCUT2D eigenvalue weighted by Crippen LogP contribution is -2.25. The first-order chi connectivity index (χ1) is 11.0. The normalized spacial score (nSPS) is 14.0. The van der Waals surface area contributed by atoms with Gasteiger partial charge >= 0.3 is 11.9 Å². The minimum Gasteiger partial charge on any atom is -0.462 e. The van der Waals surface area contributed by atoms with E-state index in [4.69, 9.17) is 9.47 Å². The Bertz CT molecular complexity index is 590. The monoisotopic (exact) mass is 338 g/mol. The summed E-state index contributed by atoms with van der Waals surface area (Å²) in [6.07, 6.45) is -0.401. The first-order valence-corrected chi connectivity index (χ1v) is 8.17. The summed E-state index contributed by atoms with van der Waals surface area (Å²) in [4.78, 5) is 23.5. The first-order valence-electron chi connectivity index (χ1n) is 8.17. The molecule has 0 heterocycles. The summed E-state index contributed by atoms with van der Waals surface area (Å²) < 4.78 is 23.7. The van der Waals surface area contributed by atoms with Crippen LogP contribution in [0.1, 0.15) is 64.5 Å². The lowest BCUT2D eigenvalue weighted by atomic mass is 9.92. The predicted octanol–water partition coefficient (Wildman–Crippen LogP) is 4.29. The lowest BCUT2D eigenvalue weighted by Gasteiger charge is -2.23. The van der Waals surface area contributed by atoms with Gasteiger partial charge in [0.15, 0.2) is 0 Å². The maximum atomic E-state index is 13.2. The van der Waals surface area contributed by atoms with Crippen molar-refractivity contribution >= 4 is 11.9 Å². The second-order valence-electron chi connectivity index (χ2n) is 7.07. The molecule has 0 unspecified atom stereocenters. The molecule has 0 aliphatic carbocycles. The third-order valence-corrected chi connectivity index (χ3v) is 3.70. The predicted molar refractivity (Wildman–Crippen MR) is 90.2 cm³/mol. The number of aryl methyl sites for hydroxylation is 1. The van der Waals surface area contributed by atoms with Crippen LogP contribution in [0.5, 0.6) is 0 Å². The minimum atomic E-state index is -0.567. The molecule has 5 heteroatoms. The standard InChI is InChI=1S/C19H27FO4/c1-12-11-15(20)7-8-16(12)13(2)14(3)23-17(21)9-10-18(22)24-19(4,5)6/h7-8,11,13-14H,9-10H2,1-6H3/t13-,14+/m1/s1. The van der Waals surface area contributed by atoms with E-state index in [1.54, 1.807) is 33.8 Å². The fourth-order valence-electron chi connectivity index (χ4n) is 2.37. The van der Waals surface area contributed by atoms with Gasteiger partial charge in [0.2, 0.25) is 0 Å². The van der Waals surface area contributed by atoms with Crippen LogP contribution in [-0.2, 0) is 19.1 Å². The molecule has 0 spiro atoms. The number of carbonyl (C=O) groups is 2. The Morgan fingerprint density at radius 1 is 1.12 bits per heavy atom. The van der Waals surface area contributed by atoms with E-state index < -0.39 is 17.5 Å². The van der Waals surface area contributed by atoms with Crippen molar-refractivity contribution in [2.24, 2.45) is 0 Å². The number of esters is 2. The molecule has 0 bridgehead atoms. The Morgan fingerprint density at radius 2 is 1.71 bits per heavy atom. The van der Waals surface area contributed by atoms with E-state index >= 15 is 0 Å². The largest absolute Gasteiger partial charge is 0.462 e. The number of hydrogen-bond acceptors (Lipinski definition) is 4. The molecule has 0 fully saturated rings. The Labute approximate surface area is 143 Å². The number of hydrogen-bond donors (Lipinski definition) is 0. The highest BCUT2D eigenvalue weighted by Crippen LogP contribution is 2.25. The van der Waals surface area contributed by atoms with E-state index in [1.165, 1.54) is 12.1 Å². The minimum absolute atomic E-state index is 0.00716. The number of halogens is 1. The molecule has 0 saturated heterocycles. The fraction of sp³-hybridized carbons (Fsp3) is 0.579. The number of ether oxygens (including phenoxy) is 2. The molecular weight excluding hydrogens is 311 g/mol. The maximum Gasteiger partial charge on any atom is 0.306 e. The van der Waals surface area contributed by atoms with Crippen molar-refractivity contribution in [1.29, 1.82) is 0 Å². The Hall–Kier alpha value is -1.91. The Kier molecular flexibility index (Phi) is 6.93. The van der Waals surface area contributed by atoms with Gasteiger partial charge in [0.1, 0.15) is 17.5 Å². The molecule has 2 atom stereocenters. The number of rotatable bonds is 6. The van der Waals surface area contributed by atoms with Gasteiger partial charge in [0.05, 0.1) is 12.8 Å². The van der Waals surface area contributed by atoms with Crippen molar-refractivity contribution in [2.45, 2.75) is 72.0 Å². The summed E-state index contributed by atoms with van der Waals surface area (Å²) in [7, 11) is 0. The zero-order valence-corrected chi connectivity index (χ0v) is 15.3. The Balaban J connectivity index is 2.53. The summed E-state index contributed by atoms with van der Waals surface area (Å²) in [6.45, 7) is 10.9. The van der Waals surface area contributed by atoms with Crippen molar-refractivity contribution in [2.75, 3.05) is 0 Å². The molecule has 1 aromatic carbocycles. The highest BCUT2D eigenvalue weighted by atomic mass is 19.1. The molecule has 0 aromatic heterocycles. The summed E-state index contributed by atoms with van der Waals surface area (Å²) in [5, 5.41) is 0. The molecule has 4 nitrogen and oxygen atoms in total. The molecule has 0 N–H and O–H groups in total. The van der Waals surface area contributed by atoms with E-state index in [0.717, 1.165) is 11.1 Å². The van der Waals surface area contributed by atoms with Crippen LogP contribution in [0.25, 0.3) is 0 Å². The molecule has 0 amide bonds. The van der Waals surface area contributed by atoms with Crippen LogP contribution in [0, 0.1) is 12.7 Å². The van der Waals surface area contributed by atoms with Crippen molar-refractivity contribution < 1.29 is 23.5 Å². The van der Waals surface area contributed by atoms with E-state index in [9.17, 15) is 14.0 Å². The van der Waals surface area contributed by atoms with Crippen molar-refractivity contribution in [3.8, 4) is 0 Å². The van der Waals surface area contributed by atoms with Gasteiger partial charge in [-0.2, -0.15) is 0 Å². The van der Waals surface area contributed by atoms with Crippen LogP contribution in [0.4, 0.5) is 4.39 Å². The maximum absolute atomic E-state index is 13.2. The van der Waals surface area contributed by atoms with Crippen molar-refractivity contribution in [3.05, 3.63) is 35.1 Å². The van der Waals surface area contributed by atoms with Crippen LogP contribution < -0.4 is 0 Å². The molecule has 0 aliphatic heterocycles. The first kappa shape index (κ1) is 20.1. The van der Waals surface area contributed by atoms with Crippen molar-refractivity contribution in [1.82, 2.24) is 0 Å². The van der Waals surface area contributed by atoms with Gasteiger partial charge in [-0.1, -0.05) is 13.0 Å². The van der Waals surface area contributed by atoms with Gasteiger partial charge in [-0.3, -0.25) is 9.59 Å². The quantitative estimate of drug-likeness (QED) is 0.726. The summed E-state index contributed by atoms with van der Waals surface area (Å²) >= 11 is 0. The third kappa shape index (κ3) is 6.69. The molecule has 0 aliphatic rings. The molecule has 1 rings (SSSR count). The van der Waals surface area contributed by atoms with Gasteiger partial charge in [-0.25, -0.2) is 4.39 Å². The summed E-state index contributed by atoms with van der Waals surface area (Å²) in [5.41, 5.74) is 1.19. The second kappa shape index (κ2) is 8.27. The molecule has 1 aromatic rings. The van der Waals surface area contributed by atoms with Gasteiger partial charge in [-0.05, 0) is 57.9 Å². The van der Waals surface area contributed by atoms with Crippen LogP contribution in [0.3, 0.4) is 0 Å². The van der Waals surface area contributed by atoms with Gasteiger partial charge in [0, 0.05) is 5.92 Å². The van der Waals surface area contributed by atoms with Crippen LogP contribution in [0.15, 0.2) is 18.2 Å². The van der Waals surface area contributed by atoms with Gasteiger partial charge < -0.3 is 9.47 Å². The third-order valence-electron chi connectivity index (χ3n) is 3.70. The van der Waals surface area contributed by atoms with E-state index in [0.29, 0.717) is 0 Å². The van der Waals surface area contributed by atoms with Crippen LogP contribution >= 0.6 is 0 Å². The molecule has 0 radical (unpaired) electrons.